The first-order valence-corrected chi connectivity index (χ1v) is 10.9. The van der Waals surface area contributed by atoms with Crippen LogP contribution in [0.15, 0.2) is 83.8 Å². The van der Waals surface area contributed by atoms with Crippen molar-refractivity contribution in [2.24, 2.45) is 5.41 Å². The van der Waals surface area contributed by atoms with Gasteiger partial charge in [-0.1, -0.05) is 68.8 Å². The molecule has 1 atom stereocenters. The van der Waals surface area contributed by atoms with Gasteiger partial charge in [0, 0.05) is 0 Å². The maximum Gasteiger partial charge on any atom is 0.297 e. The van der Waals surface area contributed by atoms with E-state index in [9.17, 15) is 8.42 Å². The van der Waals surface area contributed by atoms with Crippen LogP contribution >= 0.6 is 0 Å². The molecule has 3 aromatic carbocycles. The van der Waals surface area contributed by atoms with Gasteiger partial charge in [0.15, 0.2) is 0 Å². The third-order valence-electron chi connectivity index (χ3n) is 4.48. The van der Waals surface area contributed by atoms with Crippen molar-refractivity contribution in [1.82, 2.24) is 0 Å². The van der Waals surface area contributed by atoms with E-state index >= 15 is 0 Å². The summed E-state index contributed by atoms with van der Waals surface area (Å²) in [6.45, 7) is 7.78. The molecule has 0 amide bonds. The van der Waals surface area contributed by atoms with Crippen LogP contribution in [0.2, 0.25) is 0 Å². The van der Waals surface area contributed by atoms with Crippen LogP contribution in [0.4, 0.5) is 0 Å². The number of hydrogen-bond acceptors (Lipinski definition) is 4. The largest absolute Gasteiger partial charge is 0.457 e. The molecule has 4 nitrogen and oxygen atoms in total. The molecule has 0 radical (unpaired) electrons. The smallest absolute Gasteiger partial charge is 0.297 e. The van der Waals surface area contributed by atoms with E-state index in [0.717, 1.165) is 16.9 Å². The van der Waals surface area contributed by atoms with Crippen molar-refractivity contribution in [1.29, 1.82) is 0 Å². The Kier molecular flexibility index (Phi) is 6.10. The SMILES string of the molecule is Cc1ccc(S(=O)(=O)OC(c2ccc(Oc3ccccc3)cc2)C(C)(C)C)cc1. The number of para-hydroxylation sites is 1. The molecular formula is C24H26O4S. The fraction of sp³-hybridized carbons (Fsp3) is 0.250. The first-order chi connectivity index (χ1) is 13.6. The van der Waals surface area contributed by atoms with Gasteiger partial charge >= 0.3 is 0 Å². The van der Waals surface area contributed by atoms with Crippen LogP contribution < -0.4 is 4.74 Å². The predicted octanol–water partition coefficient (Wildman–Crippen LogP) is 6.28. The van der Waals surface area contributed by atoms with Crippen LogP contribution in [0.5, 0.6) is 11.5 Å². The van der Waals surface area contributed by atoms with E-state index in [1.54, 1.807) is 24.3 Å². The van der Waals surface area contributed by atoms with Crippen LogP contribution in [0.25, 0.3) is 0 Å². The van der Waals surface area contributed by atoms with Gasteiger partial charge in [0.1, 0.15) is 17.6 Å². The summed E-state index contributed by atoms with van der Waals surface area (Å²) in [4.78, 5) is 0.154. The Morgan fingerprint density at radius 1 is 0.759 bits per heavy atom. The number of aryl methyl sites for hydroxylation is 1. The molecule has 0 fully saturated rings. The Bertz CT molecular complexity index is 1030. The van der Waals surface area contributed by atoms with E-state index in [4.69, 9.17) is 8.92 Å². The van der Waals surface area contributed by atoms with Gasteiger partial charge in [0.05, 0.1) is 4.90 Å². The minimum Gasteiger partial charge on any atom is -0.457 e. The van der Waals surface area contributed by atoms with Crippen molar-refractivity contribution >= 4 is 10.1 Å². The van der Waals surface area contributed by atoms with Crippen LogP contribution in [0.1, 0.15) is 38.0 Å². The second-order valence-corrected chi connectivity index (χ2v) is 9.67. The summed E-state index contributed by atoms with van der Waals surface area (Å²) in [7, 11) is -3.90. The molecular weight excluding hydrogens is 384 g/mol. The van der Waals surface area contributed by atoms with Gasteiger partial charge in [-0.2, -0.15) is 8.42 Å². The minimum absolute atomic E-state index is 0.154. The van der Waals surface area contributed by atoms with Crippen molar-refractivity contribution in [3.8, 4) is 11.5 Å². The van der Waals surface area contributed by atoms with Gasteiger partial charge in [0.25, 0.3) is 10.1 Å². The fourth-order valence-corrected chi connectivity index (χ4v) is 4.16. The lowest BCUT2D eigenvalue weighted by molar-refractivity contribution is 0.0933. The quantitative estimate of drug-likeness (QED) is 0.449. The van der Waals surface area contributed by atoms with Crippen molar-refractivity contribution in [2.45, 2.75) is 38.7 Å². The molecule has 0 spiro atoms. The molecule has 1 unspecified atom stereocenters. The maximum absolute atomic E-state index is 12.8. The molecule has 0 aromatic heterocycles. The summed E-state index contributed by atoms with van der Waals surface area (Å²) in [5, 5.41) is 0. The highest BCUT2D eigenvalue weighted by atomic mass is 32.2. The lowest BCUT2D eigenvalue weighted by Crippen LogP contribution is -2.24. The average molecular weight is 411 g/mol. The second-order valence-electron chi connectivity index (χ2n) is 8.09. The number of benzene rings is 3. The van der Waals surface area contributed by atoms with Crippen LogP contribution in [0, 0.1) is 12.3 Å². The molecule has 0 heterocycles. The zero-order chi connectivity index (χ0) is 21.1. The first kappa shape index (κ1) is 21.1. The summed E-state index contributed by atoms with van der Waals surface area (Å²) in [6, 6.07) is 23.5. The van der Waals surface area contributed by atoms with Gasteiger partial charge in [-0.05, 0) is 54.3 Å². The van der Waals surface area contributed by atoms with Crippen LogP contribution in [-0.4, -0.2) is 8.42 Å². The highest BCUT2D eigenvalue weighted by molar-refractivity contribution is 7.86. The molecule has 0 aliphatic carbocycles. The topological polar surface area (TPSA) is 52.6 Å². The number of hydrogen-bond donors (Lipinski definition) is 0. The normalized spacial score (nSPS) is 13.1. The molecule has 3 rings (SSSR count). The highest BCUT2D eigenvalue weighted by Crippen LogP contribution is 2.39. The van der Waals surface area contributed by atoms with E-state index in [2.05, 4.69) is 0 Å². The summed E-state index contributed by atoms with van der Waals surface area (Å²) in [5.74, 6) is 1.42. The van der Waals surface area contributed by atoms with Crippen molar-refractivity contribution in [3.05, 3.63) is 90.0 Å². The van der Waals surface area contributed by atoms with Gasteiger partial charge < -0.3 is 4.74 Å². The van der Waals surface area contributed by atoms with Crippen molar-refractivity contribution in [3.63, 3.8) is 0 Å². The summed E-state index contributed by atoms with van der Waals surface area (Å²) < 4.78 is 37.2. The molecule has 0 saturated heterocycles. The molecule has 0 saturated carbocycles. The number of ether oxygens (including phenoxy) is 1. The Hall–Kier alpha value is -2.63. The summed E-state index contributed by atoms with van der Waals surface area (Å²) >= 11 is 0. The van der Waals surface area contributed by atoms with Crippen LogP contribution in [-0.2, 0) is 14.3 Å². The van der Waals surface area contributed by atoms with E-state index in [0.29, 0.717) is 5.75 Å². The molecule has 0 N–H and O–H groups in total. The van der Waals surface area contributed by atoms with Crippen LogP contribution in [0.3, 0.4) is 0 Å². The third-order valence-corrected chi connectivity index (χ3v) is 5.78. The van der Waals surface area contributed by atoms with E-state index in [1.165, 1.54) is 0 Å². The third kappa shape index (κ3) is 5.46. The zero-order valence-electron chi connectivity index (χ0n) is 17.1. The molecule has 29 heavy (non-hydrogen) atoms. The Balaban J connectivity index is 1.84. The van der Waals surface area contributed by atoms with Gasteiger partial charge in [-0.3, -0.25) is 4.18 Å². The Morgan fingerprint density at radius 3 is 1.86 bits per heavy atom. The van der Waals surface area contributed by atoms with Gasteiger partial charge in [0.2, 0.25) is 0 Å². The standard InChI is InChI=1S/C24H26O4S/c1-18-10-16-22(17-11-18)29(25,26)28-23(24(2,3)4)19-12-14-21(15-13-19)27-20-8-6-5-7-9-20/h5-17,23H,1-4H3. The maximum atomic E-state index is 12.8. The monoisotopic (exact) mass is 410 g/mol. The second kappa shape index (κ2) is 8.39. The lowest BCUT2D eigenvalue weighted by Gasteiger charge is -2.30. The van der Waals surface area contributed by atoms with E-state index in [1.807, 2.05) is 82.3 Å². The molecule has 0 bridgehead atoms. The molecule has 152 valence electrons. The van der Waals surface area contributed by atoms with Crippen molar-refractivity contribution < 1.29 is 17.3 Å². The summed E-state index contributed by atoms with van der Waals surface area (Å²) in [5.41, 5.74) is 1.33. The van der Waals surface area contributed by atoms with E-state index in [-0.39, 0.29) is 4.90 Å². The minimum atomic E-state index is -3.90. The first-order valence-electron chi connectivity index (χ1n) is 9.48. The summed E-state index contributed by atoms with van der Waals surface area (Å²) in [6.07, 6.45) is -0.639. The lowest BCUT2D eigenvalue weighted by atomic mass is 9.85. The van der Waals surface area contributed by atoms with Gasteiger partial charge in [-0.25, -0.2) is 0 Å². The molecule has 0 aliphatic heterocycles. The molecule has 3 aromatic rings. The predicted molar refractivity (Wildman–Crippen MR) is 115 cm³/mol. The highest BCUT2D eigenvalue weighted by Gasteiger charge is 2.32. The molecule has 0 aliphatic rings. The fourth-order valence-electron chi connectivity index (χ4n) is 2.92. The Labute approximate surface area is 173 Å². The average Bonchev–Trinajstić information content (AvgIpc) is 2.67. The zero-order valence-corrected chi connectivity index (χ0v) is 17.9. The Morgan fingerprint density at radius 2 is 1.31 bits per heavy atom. The molecule has 5 heteroatoms. The van der Waals surface area contributed by atoms with Crippen molar-refractivity contribution in [2.75, 3.05) is 0 Å². The van der Waals surface area contributed by atoms with E-state index < -0.39 is 21.6 Å². The van der Waals surface area contributed by atoms with Gasteiger partial charge in [-0.15, -0.1) is 0 Å². The number of rotatable bonds is 6.